The van der Waals surface area contributed by atoms with Gasteiger partial charge in [-0.25, -0.2) is 47.5 Å². The number of esters is 1. The number of alkyl carbamates (subject to hydrolysis) is 3. The first-order valence-electron chi connectivity index (χ1n) is 41.4. The number of hydrogen-bond acceptors (Lipinski definition) is 21. The summed E-state index contributed by atoms with van der Waals surface area (Å²) in [5.41, 5.74) is 11.3. The van der Waals surface area contributed by atoms with Crippen molar-refractivity contribution in [1.82, 2.24) is 41.1 Å². The van der Waals surface area contributed by atoms with Gasteiger partial charge in [-0.3, -0.25) is 0 Å². The number of anilines is 4. The molecule has 2 aliphatic carbocycles. The van der Waals surface area contributed by atoms with Crippen molar-refractivity contribution >= 4 is 99.2 Å². The summed E-state index contributed by atoms with van der Waals surface area (Å²) >= 11 is 0. The largest absolute Gasteiger partial charge is 0.545 e. The topological polar surface area (TPSA) is 421 Å². The molecule has 1 unspecified atom stereocenters. The summed E-state index contributed by atoms with van der Waals surface area (Å²) in [6.45, 7) is 30.4. The lowest BCUT2D eigenvalue weighted by Crippen LogP contribution is -2.34. The van der Waals surface area contributed by atoms with Crippen molar-refractivity contribution in [3.05, 3.63) is 264 Å². The second-order valence-electron chi connectivity index (χ2n) is 27.9. The molecule has 7 aromatic carbocycles. The molecule has 33 nitrogen and oxygen atoms in total. The van der Waals surface area contributed by atoms with Crippen LogP contribution in [0.5, 0.6) is 11.5 Å². The van der Waals surface area contributed by atoms with Gasteiger partial charge in [0.1, 0.15) is 53.9 Å². The van der Waals surface area contributed by atoms with Gasteiger partial charge in [-0.1, -0.05) is 80.4 Å². The van der Waals surface area contributed by atoms with Crippen LogP contribution in [0.3, 0.4) is 0 Å². The summed E-state index contributed by atoms with van der Waals surface area (Å²) < 4.78 is 45.4. The van der Waals surface area contributed by atoms with E-state index in [2.05, 4.69) is 49.7 Å². The van der Waals surface area contributed by atoms with Gasteiger partial charge in [-0.2, -0.15) is 0 Å². The first-order valence-corrected chi connectivity index (χ1v) is 41.4. The van der Waals surface area contributed by atoms with Crippen molar-refractivity contribution in [1.29, 1.82) is 0 Å². The van der Waals surface area contributed by atoms with Crippen LogP contribution in [0.25, 0.3) is 66.8 Å². The summed E-state index contributed by atoms with van der Waals surface area (Å²) in [5.74, 6) is -0.166. The van der Waals surface area contributed by atoms with Crippen LogP contribution in [0.4, 0.5) is 51.5 Å². The maximum Gasteiger partial charge on any atom is 0.407 e. The number of aromatic carboxylic acids is 2. The number of likely N-dealkylation sites (N-methyl/N-ethyl adjacent to an activating group) is 3. The zero-order chi connectivity index (χ0) is 94.2. The second-order valence-corrected chi connectivity index (χ2v) is 27.9. The maximum absolute atomic E-state index is 13.1. The average Bonchev–Trinajstić information content (AvgIpc) is 1.56. The molecule has 10 N–H and O–H groups in total. The highest BCUT2D eigenvalue weighted by Gasteiger charge is 2.54. The number of carboxylic acids is 2. The molecule has 1 atom stereocenters. The van der Waals surface area contributed by atoms with Crippen molar-refractivity contribution in [2.45, 2.75) is 47.1 Å². The average molecular weight is 1770 g/mol. The van der Waals surface area contributed by atoms with Crippen molar-refractivity contribution < 1.29 is 101 Å². The first-order chi connectivity index (χ1) is 62.1. The molecular formula is C96H109N12O21+. The summed E-state index contributed by atoms with van der Waals surface area (Å²) in [6, 6.07) is 56.7. The number of carboxylic acid groups (broad SMARTS) is 5. The summed E-state index contributed by atoms with van der Waals surface area (Å²) in [4.78, 5) is 108. The number of rotatable bonds is 26. The molecule has 4 heterocycles. The molecule has 7 aromatic rings. The van der Waals surface area contributed by atoms with Crippen LogP contribution < -0.4 is 81.2 Å². The summed E-state index contributed by atoms with van der Waals surface area (Å²) in [7, 11) is 8.62. The molecule has 0 bridgehead atoms. The number of ether oxygens (including phenoxy) is 5. The van der Waals surface area contributed by atoms with E-state index in [0.29, 0.717) is 90.1 Å². The van der Waals surface area contributed by atoms with Gasteiger partial charge in [-0.05, 0) is 144 Å². The number of hydrogen-bond donors (Lipinski definition) is 10. The van der Waals surface area contributed by atoms with E-state index in [1.807, 2.05) is 218 Å². The lowest BCUT2D eigenvalue weighted by molar-refractivity contribution is -0.255. The van der Waals surface area contributed by atoms with Gasteiger partial charge in [0.15, 0.2) is 31.9 Å². The van der Waals surface area contributed by atoms with Gasteiger partial charge in [-0.15, -0.1) is 0 Å². The summed E-state index contributed by atoms with van der Waals surface area (Å²) in [5, 5.41) is 61.4. The van der Waals surface area contributed by atoms with Crippen LogP contribution in [-0.2, 0) is 24.5 Å². The van der Waals surface area contributed by atoms with Gasteiger partial charge in [0, 0.05) is 183 Å². The van der Waals surface area contributed by atoms with Crippen LogP contribution in [0.1, 0.15) is 89.3 Å². The fourth-order valence-electron chi connectivity index (χ4n) is 14.5. The quantitative estimate of drug-likeness (QED) is 0.0104. The highest BCUT2D eigenvalue weighted by Crippen LogP contribution is 2.57. The number of carbonyl (C=O) groups is 9. The van der Waals surface area contributed by atoms with Crippen LogP contribution in [0, 0.1) is 0 Å². The highest BCUT2D eigenvalue weighted by molar-refractivity contribution is 6.09. The normalized spacial score (nSPS) is 12.5. The van der Waals surface area contributed by atoms with Crippen molar-refractivity contribution in [2.75, 3.05) is 141 Å². The Labute approximate surface area is 746 Å². The fourth-order valence-corrected chi connectivity index (χ4v) is 14.5. The van der Waals surface area contributed by atoms with Gasteiger partial charge < -0.3 is 114 Å². The Morgan fingerprint density at radius 1 is 0.434 bits per heavy atom. The van der Waals surface area contributed by atoms with Gasteiger partial charge >= 0.3 is 48.5 Å². The minimum absolute atomic E-state index is 0.109. The number of nitrogens with one attached hydrogen (secondary N) is 6. The Morgan fingerprint density at radius 3 is 1.21 bits per heavy atom. The van der Waals surface area contributed by atoms with E-state index in [1.165, 1.54) is 42.3 Å². The predicted molar refractivity (Wildman–Crippen MR) is 494 cm³/mol. The van der Waals surface area contributed by atoms with E-state index >= 15 is 0 Å². The zero-order valence-electron chi connectivity index (χ0n) is 74.1. The van der Waals surface area contributed by atoms with E-state index in [9.17, 15) is 53.4 Å². The van der Waals surface area contributed by atoms with E-state index in [-0.39, 0.29) is 36.9 Å². The lowest BCUT2D eigenvalue weighted by atomic mass is 9.77. The summed E-state index contributed by atoms with van der Waals surface area (Å²) in [6.07, 6.45) is 0.893. The smallest absolute Gasteiger partial charge is 0.407 e. The number of amides is 6. The molecule has 129 heavy (non-hydrogen) atoms. The van der Waals surface area contributed by atoms with Crippen LogP contribution >= 0.6 is 0 Å². The van der Waals surface area contributed by atoms with Gasteiger partial charge in [0.25, 0.3) is 0 Å². The minimum Gasteiger partial charge on any atom is -0.545 e. The van der Waals surface area contributed by atoms with Gasteiger partial charge in [0.2, 0.25) is 10.7 Å². The molecular weight excluding hydrogens is 1660 g/mol. The van der Waals surface area contributed by atoms with Crippen LogP contribution in [-0.4, -0.2) is 196 Å². The number of benzene rings is 9. The third kappa shape index (κ3) is 24.0. The first kappa shape index (κ1) is 98.6. The molecule has 678 valence electrons. The second kappa shape index (κ2) is 47.3. The maximum atomic E-state index is 13.1. The fraction of sp³-hybridized carbons (Fsp3) is 0.260. The Morgan fingerprint density at radius 2 is 0.814 bits per heavy atom. The zero-order valence-corrected chi connectivity index (χ0v) is 74.1. The number of fused-ring (bicyclic) bond motifs is 10. The van der Waals surface area contributed by atoms with E-state index in [0.717, 1.165) is 103 Å². The van der Waals surface area contributed by atoms with E-state index in [1.54, 1.807) is 55.0 Å². The van der Waals surface area contributed by atoms with Crippen molar-refractivity contribution in [3.63, 3.8) is 0 Å². The predicted octanol–water partition coefficient (Wildman–Crippen LogP) is 13.8. The number of nitrogens with zero attached hydrogens (tertiary/aromatic N) is 6. The van der Waals surface area contributed by atoms with E-state index in [4.69, 9.17) is 47.8 Å². The Bertz CT molecular complexity index is 5720. The molecule has 4 aliphatic heterocycles. The molecule has 0 fully saturated rings. The molecule has 0 saturated heterocycles. The SMILES string of the molecule is C=CN(CC)c1ccc2c(-c3ccccc3C(=O)O)c3ccc(=[N+](CC)CCOC(=O)NC)cc-3oc2c1.C=CN(CC)c1ccc2c(-c3ccccc3C(=O)[O-])c3ccc(=[N+](CC)CCOC(=O)NC)cc-3oc2c1.C=CN(CC)c1ccc2c(c1)Oc1cc(N(CC)CCOC(=O)NC)ccc1C21OC(=O)c2ccccc21.CNC(=O)O.CNC(=O)O.CNC(=O)O. The minimum atomic E-state index is -1.24. The van der Waals surface area contributed by atoms with Gasteiger partial charge in [0.05, 0.1) is 35.8 Å². The van der Waals surface area contributed by atoms with E-state index < -0.39 is 54.1 Å². The third-order valence-corrected chi connectivity index (χ3v) is 20.9. The molecule has 13 rings (SSSR count). The van der Waals surface area contributed by atoms with Crippen LogP contribution in [0.2, 0.25) is 0 Å². The van der Waals surface area contributed by atoms with Crippen LogP contribution in [0.15, 0.2) is 229 Å². The third-order valence-electron chi connectivity index (χ3n) is 20.9. The molecule has 6 aliphatic rings. The monoisotopic (exact) mass is 1770 g/mol. The molecule has 1 spiro atoms. The molecule has 0 aromatic heterocycles. The highest BCUT2D eigenvalue weighted by atomic mass is 16.6. The molecule has 0 radical (unpaired) electrons. The standard InChI is InChI=1S/3C30H31N3O5.3C2H5NO2/c1-5-32(6-2)20-12-14-24-26(18-20)37-27-19-21(33(7-3)16-17-36-29(35)31-4)13-15-25(27)30(24)23-11-9-8-10-22(23)28(34)38-30;2*1-5-32(6-2)20-12-14-24-26(18-20)38-27-19-21(33(7-3)16-17-37-30(36)31-4)13-15-25(27)28(24)22-10-8-9-11-23(22)29(34)35;3*1-3-2(4)5/h5,8-15,18-19H,1,6-7,16-17H2,2-4H3,(H,31,35);2*5,8-15,18-19H,1,6-7,16-17H2,2-4H3,(H-,31,34,35,36);3*3H,1H3,(H,4,5)/p+1. The Kier molecular flexibility index (Phi) is 36.2. The molecule has 0 saturated carbocycles. The number of carbonyl (C=O) groups excluding carboxylic acids is 5. The Balaban J connectivity index is 0.000000221. The Hall–Kier alpha value is -15.8. The van der Waals surface area contributed by atoms with Crippen molar-refractivity contribution in [3.8, 4) is 56.4 Å². The lowest BCUT2D eigenvalue weighted by Gasteiger charge is -2.37. The molecule has 33 heteroatoms. The molecule has 6 amide bonds. The van der Waals surface area contributed by atoms with Crippen molar-refractivity contribution in [2.24, 2.45) is 0 Å².